The molecular weight excluding hydrogens is 304 g/mol. The van der Waals surface area contributed by atoms with Gasteiger partial charge < -0.3 is 5.32 Å². The molecule has 0 aliphatic heterocycles. The van der Waals surface area contributed by atoms with Crippen molar-refractivity contribution in [1.82, 2.24) is 19.9 Å². The highest BCUT2D eigenvalue weighted by molar-refractivity contribution is 7.98. The third-order valence-corrected chi connectivity index (χ3v) is 6.58. The average Bonchev–Trinajstić information content (AvgIpc) is 3.22. The average molecular weight is 331 g/mol. The van der Waals surface area contributed by atoms with E-state index in [-0.39, 0.29) is 0 Å². The number of aromatic nitrogens is 3. The second-order valence-corrected chi connectivity index (χ2v) is 8.13. The predicted octanol–water partition coefficient (Wildman–Crippen LogP) is 3.84. The SMILES string of the molecule is CSCC[C@H](N[C@H]1CCC12CCCC2)c1nnc2ccccn12. The van der Waals surface area contributed by atoms with E-state index in [0.717, 1.165) is 23.6 Å². The van der Waals surface area contributed by atoms with Gasteiger partial charge in [0.15, 0.2) is 11.5 Å². The summed E-state index contributed by atoms with van der Waals surface area (Å²) in [7, 11) is 0. The monoisotopic (exact) mass is 330 g/mol. The van der Waals surface area contributed by atoms with Gasteiger partial charge in [-0.2, -0.15) is 11.8 Å². The van der Waals surface area contributed by atoms with Crippen LogP contribution >= 0.6 is 11.8 Å². The molecule has 23 heavy (non-hydrogen) atoms. The van der Waals surface area contributed by atoms with Crippen LogP contribution in [0.15, 0.2) is 24.4 Å². The molecule has 4 nitrogen and oxygen atoms in total. The molecule has 2 aliphatic carbocycles. The molecule has 2 heterocycles. The minimum atomic E-state index is 0.308. The smallest absolute Gasteiger partial charge is 0.160 e. The van der Waals surface area contributed by atoms with E-state index >= 15 is 0 Å². The second-order valence-electron chi connectivity index (χ2n) is 7.15. The Morgan fingerprint density at radius 3 is 2.91 bits per heavy atom. The zero-order chi connectivity index (χ0) is 15.7. The van der Waals surface area contributed by atoms with Crippen molar-refractivity contribution in [2.24, 2.45) is 5.41 Å². The number of pyridine rings is 1. The highest BCUT2D eigenvalue weighted by Crippen LogP contribution is 2.53. The van der Waals surface area contributed by atoms with Gasteiger partial charge >= 0.3 is 0 Å². The van der Waals surface area contributed by atoms with Crippen LogP contribution in [0.25, 0.3) is 5.65 Å². The molecule has 124 valence electrons. The molecule has 0 radical (unpaired) electrons. The number of thioether (sulfide) groups is 1. The Morgan fingerprint density at radius 1 is 1.30 bits per heavy atom. The van der Waals surface area contributed by atoms with Crippen molar-refractivity contribution >= 4 is 17.4 Å². The summed E-state index contributed by atoms with van der Waals surface area (Å²) in [6.45, 7) is 0. The summed E-state index contributed by atoms with van der Waals surface area (Å²) in [5.74, 6) is 2.23. The lowest BCUT2D eigenvalue weighted by Gasteiger charge is -2.49. The Hall–Kier alpha value is -1.07. The molecule has 0 aromatic carbocycles. The van der Waals surface area contributed by atoms with Gasteiger partial charge in [-0.1, -0.05) is 18.9 Å². The van der Waals surface area contributed by atoms with Crippen LogP contribution in [-0.2, 0) is 0 Å². The molecule has 2 atom stereocenters. The highest BCUT2D eigenvalue weighted by atomic mass is 32.2. The third kappa shape index (κ3) is 2.78. The van der Waals surface area contributed by atoms with E-state index in [9.17, 15) is 0 Å². The number of rotatable bonds is 6. The molecule has 2 fully saturated rings. The summed E-state index contributed by atoms with van der Waals surface area (Å²) in [6.07, 6.45) is 13.8. The normalized spacial score (nSPS) is 24.1. The Balaban J connectivity index is 1.57. The number of fused-ring (bicyclic) bond motifs is 1. The molecule has 0 saturated heterocycles. The molecule has 0 amide bonds. The van der Waals surface area contributed by atoms with E-state index in [1.165, 1.54) is 38.5 Å². The van der Waals surface area contributed by atoms with Crippen LogP contribution < -0.4 is 5.32 Å². The van der Waals surface area contributed by atoms with Crippen molar-refractivity contribution in [3.63, 3.8) is 0 Å². The van der Waals surface area contributed by atoms with Crippen LogP contribution in [0.4, 0.5) is 0 Å². The first-order valence-electron chi connectivity index (χ1n) is 8.87. The summed E-state index contributed by atoms with van der Waals surface area (Å²) in [5, 5.41) is 12.8. The maximum absolute atomic E-state index is 4.52. The number of nitrogens with zero attached hydrogens (tertiary/aromatic N) is 3. The maximum atomic E-state index is 4.52. The molecule has 1 spiro atoms. The van der Waals surface area contributed by atoms with Gasteiger partial charge in [0, 0.05) is 12.2 Å². The van der Waals surface area contributed by atoms with Gasteiger partial charge in [0.2, 0.25) is 0 Å². The molecule has 1 N–H and O–H groups in total. The van der Waals surface area contributed by atoms with Crippen LogP contribution in [0.3, 0.4) is 0 Å². The first kappa shape index (κ1) is 15.5. The van der Waals surface area contributed by atoms with E-state index < -0.39 is 0 Å². The van der Waals surface area contributed by atoms with Gasteiger partial charge in [-0.25, -0.2) is 0 Å². The Morgan fingerprint density at radius 2 is 2.17 bits per heavy atom. The molecule has 4 rings (SSSR count). The standard InChI is InChI=1S/C18H26N4S/c1-23-13-8-14(17-21-20-16-6-2-5-12-22(16)17)19-15-7-11-18(15)9-3-4-10-18/h2,5-6,12,14-15,19H,3-4,7-11,13H2,1H3/t14-,15-/m0/s1. The van der Waals surface area contributed by atoms with Crippen molar-refractivity contribution in [2.75, 3.05) is 12.0 Å². The predicted molar refractivity (Wildman–Crippen MR) is 95.8 cm³/mol. The number of nitrogens with one attached hydrogen (secondary N) is 1. The van der Waals surface area contributed by atoms with Gasteiger partial charge in [-0.15, -0.1) is 10.2 Å². The molecule has 0 unspecified atom stereocenters. The molecule has 2 aromatic rings. The molecular formula is C18H26N4S. The van der Waals surface area contributed by atoms with E-state index in [2.05, 4.69) is 38.4 Å². The lowest BCUT2D eigenvalue weighted by atomic mass is 9.63. The number of hydrogen-bond acceptors (Lipinski definition) is 4. The van der Waals surface area contributed by atoms with Crippen molar-refractivity contribution < 1.29 is 0 Å². The Bertz CT molecular complexity index is 662. The van der Waals surface area contributed by atoms with E-state index in [1.807, 2.05) is 23.9 Å². The first-order chi connectivity index (χ1) is 11.3. The van der Waals surface area contributed by atoms with Gasteiger partial charge in [-0.05, 0) is 61.7 Å². The first-order valence-corrected chi connectivity index (χ1v) is 10.3. The minimum Gasteiger partial charge on any atom is -0.304 e. The van der Waals surface area contributed by atoms with Crippen LogP contribution in [0.1, 0.15) is 56.8 Å². The molecule has 0 bridgehead atoms. The molecule has 2 saturated carbocycles. The van der Waals surface area contributed by atoms with Crippen molar-refractivity contribution in [2.45, 2.75) is 57.0 Å². The Labute approximate surface area is 142 Å². The van der Waals surface area contributed by atoms with Crippen LogP contribution in [0.5, 0.6) is 0 Å². The molecule has 2 aliphatic rings. The maximum Gasteiger partial charge on any atom is 0.160 e. The summed E-state index contributed by atoms with van der Waals surface area (Å²) >= 11 is 1.91. The summed E-state index contributed by atoms with van der Waals surface area (Å²) in [5.41, 5.74) is 1.54. The van der Waals surface area contributed by atoms with E-state index in [4.69, 9.17) is 0 Å². The Kier molecular flexibility index (Phi) is 4.33. The summed E-state index contributed by atoms with van der Waals surface area (Å²) in [4.78, 5) is 0. The zero-order valence-corrected chi connectivity index (χ0v) is 14.7. The molecule has 2 aromatic heterocycles. The van der Waals surface area contributed by atoms with Gasteiger partial charge in [-0.3, -0.25) is 4.40 Å². The van der Waals surface area contributed by atoms with Crippen LogP contribution in [0.2, 0.25) is 0 Å². The van der Waals surface area contributed by atoms with E-state index in [0.29, 0.717) is 17.5 Å². The fourth-order valence-electron chi connectivity index (χ4n) is 4.50. The zero-order valence-electron chi connectivity index (χ0n) is 13.9. The fraction of sp³-hybridized carbons (Fsp3) is 0.667. The van der Waals surface area contributed by atoms with E-state index in [1.54, 1.807) is 0 Å². The second kappa shape index (κ2) is 6.44. The lowest BCUT2D eigenvalue weighted by molar-refractivity contribution is 0.0620. The lowest BCUT2D eigenvalue weighted by Crippen LogP contribution is -2.53. The minimum absolute atomic E-state index is 0.308. The van der Waals surface area contributed by atoms with Crippen molar-refractivity contribution in [3.05, 3.63) is 30.2 Å². The van der Waals surface area contributed by atoms with Gasteiger partial charge in [0.25, 0.3) is 0 Å². The highest BCUT2D eigenvalue weighted by Gasteiger charge is 2.48. The fourth-order valence-corrected chi connectivity index (χ4v) is 4.97. The van der Waals surface area contributed by atoms with Crippen LogP contribution in [-0.4, -0.2) is 32.6 Å². The largest absolute Gasteiger partial charge is 0.304 e. The van der Waals surface area contributed by atoms with Crippen LogP contribution in [0, 0.1) is 5.41 Å². The summed E-state index contributed by atoms with van der Waals surface area (Å²) < 4.78 is 2.15. The third-order valence-electron chi connectivity index (χ3n) is 5.93. The quantitative estimate of drug-likeness (QED) is 0.874. The van der Waals surface area contributed by atoms with Crippen molar-refractivity contribution in [1.29, 1.82) is 0 Å². The summed E-state index contributed by atoms with van der Waals surface area (Å²) in [6, 6.07) is 7.10. The van der Waals surface area contributed by atoms with Gasteiger partial charge in [0.05, 0.1) is 6.04 Å². The topological polar surface area (TPSA) is 42.2 Å². The molecule has 5 heteroatoms. The van der Waals surface area contributed by atoms with Crippen molar-refractivity contribution in [3.8, 4) is 0 Å². The number of hydrogen-bond donors (Lipinski definition) is 1. The van der Waals surface area contributed by atoms with Gasteiger partial charge in [0.1, 0.15) is 0 Å².